The van der Waals surface area contributed by atoms with Crippen LogP contribution in [-0.4, -0.2) is 37.1 Å². The second kappa shape index (κ2) is 5.86. The van der Waals surface area contributed by atoms with Gasteiger partial charge in [-0.25, -0.2) is 0 Å². The van der Waals surface area contributed by atoms with E-state index in [0.29, 0.717) is 0 Å². The molecule has 0 amide bonds. The molecule has 1 N–H and O–H groups in total. The third-order valence-corrected chi connectivity index (χ3v) is 3.87. The summed E-state index contributed by atoms with van der Waals surface area (Å²) in [5, 5.41) is 3.58. The van der Waals surface area contributed by atoms with Crippen molar-refractivity contribution in [2.75, 3.05) is 26.2 Å². The van der Waals surface area contributed by atoms with Gasteiger partial charge in [0.05, 0.1) is 0 Å². The van der Waals surface area contributed by atoms with E-state index in [9.17, 15) is 0 Å². The normalized spacial score (nSPS) is 28.2. The lowest BCUT2D eigenvalue weighted by molar-refractivity contribution is 0.159. The van der Waals surface area contributed by atoms with Crippen molar-refractivity contribution < 1.29 is 0 Å². The van der Waals surface area contributed by atoms with Gasteiger partial charge in [-0.2, -0.15) is 0 Å². The van der Waals surface area contributed by atoms with Gasteiger partial charge in [-0.3, -0.25) is 0 Å². The molecule has 1 saturated heterocycles. The van der Waals surface area contributed by atoms with Gasteiger partial charge in [0.25, 0.3) is 0 Å². The zero-order valence-electron chi connectivity index (χ0n) is 10.2. The van der Waals surface area contributed by atoms with Crippen LogP contribution in [0.1, 0.15) is 45.4 Å². The van der Waals surface area contributed by atoms with Crippen molar-refractivity contribution in [2.24, 2.45) is 5.92 Å². The Labute approximate surface area is 94.4 Å². The highest BCUT2D eigenvalue weighted by atomic mass is 15.2. The minimum Gasteiger partial charge on any atom is -0.316 e. The van der Waals surface area contributed by atoms with Crippen molar-refractivity contribution in [1.82, 2.24) is 10.2 Å². The van der Waals surface area contributed by atoms with Gasteiger partial charge in [0, 0.05) is 6.04 Å². The molecule has 0 radical (unpaired) electrons. The quantitative estimate of drug-likeness (QED) is 0.676. The van der Waals surface area contributed by atoms with Gasteiger partial charge in [0.15, 0.2) is 0 Å². The maximum absolute atomic E-state index is 3.58. The largest absolute Gasteiger partial charge is 0.316 e. The zero-order valence-corrected chi connectivity index (χ0v) is 10.2. The molecular formula is C13H26N2. The minimum atomic E-state index is 0.835. The SMILES string of the molecule is C[C@@H]1CCCCN1CCCNCC1CC1. The van der Waals surface area contributed by atoms with Crippen LogP contribution < -0.4 is 5.32 Å². The van der Waals surface area contributed by atoms with E-state index in [2.05, 4.69) is 17.1 Å². The van der Waals surface area contributed by atoms with E-state index in [1.54, 1.807) is 0 Å². The Balaban J connectivity index is 1.48. The van der Waals surface area contributed by atoms with Crippen LogP contribution in [0.2, 0.25) is 0 Å². The molecule has 0 aromatic heterocycles. The standard InChI is InChI=1S/C13H26N2/c1-12-5-2-3-9-15(12)10-4-8-14-11-13-6-7-13/h12-14H,2-11H2,1H3/t12-/m1/s1. The second-order valence-electron chi connectivity index (χ2n) is 5.38. The molecule has 2 aliphatic rings. The van der Waals surface area contributed by atoms with Gasteiger partial charge in [0.2, 0.25) is 0 Å². The summed E-state index contributed by atoms with van der Waals surface area (Å²) >= 11 is 0. The molecule has 1 atom stereocenters. The van der Waals surface area contributed by atoms with E-state index in [1.165, 1.54) is 64.7 Å². The maximum Gasteiger partial charge on any atom is 0.00669 e. The highest BCUT2D eigenvalue weighted by Gasteiger charge is 2.20. The first-order valence-electron chi connectivity index (χ1n) is 6.81. The molecule has 1 aliphatic heterocycles. The Bertz CT molecular complexity index is 177. The minimum absolute atomic E-state index is 0.835. The van der Waals surface area contributed by atoms with Crippen molar-refractivity contribution in [3.8, 4) is 0 Å². The van der Waals surface area contributed by atoms with Crippen LogP contribution in [-0.2, 0) is 0 Å². The number of hydrogen-bond donors (Lipinski definition) is 1. The molecule has 0 unspecified atom stereocenters. The lowest BCUT2D eigenvalue weighted by atomic mass is 10.0. The molecule has 2 heteroatoms. The lowest BCUT2D eigenvalue weighted by Crippen LogP contribution is -2.39. The first kappa shape index (κ1) is 11.4. The van der Waals surface area contributed by atoms with E-state index in [-0.39, 0.29) is 0 Å². The van der Waals surface area contributed by atoms with Gasteiger partial charge < -0.3 is 10.2 Å². The van der Waals surface area contributed by atoms with Gasteiger partial charge in [0.1, 0.15) is 0 Å². The van der Waals surface area contributed by atoms with Crippen LogP contribution in [0.4, 0.5) is 0 Å². The number of nitrogens with one attached hydrogen (secondary N) is 1. The highest BCUT2D eigenvalue weighted by molar-refractivity contribution is 4.76. The van der Waals surface area contributed by atoms with Gasteiger partial charge in [-0.1, -0.05) is 6.42 Å². The fourth-order valence-electron chi connectivity index (χ4n) is 2.53. The van der Waals surface area contributed by atoms with Crippen LogP contribution in [0.5, 0.6) is 0 Å². The van der Waals surface area contributed by atoms with Crippen LogP contribution in [0.25, 0.3) is 0 Å². The number of rotatable bonds is 6. The van der Waals surface area contributed by atoms with Crippen molar-refractivity contribution in [1.29, 1.82) is 0 Å². The first-order chi connectivity index (χ1) is 7.36. The number of nitrogens with zero attached hydrogens (tertiary/aromatic N) is 1. The Kier molecular flexibility index (Phi) is 4.45. The second-order valence-corrected chi connectivity index (χ2v) is 5.38. The third-order valence-electron chi connectivity index (χ3n) is 3.87. The highest BCUT2D eigenvalue weighted by Crippen LogP contribution is 2.27. The molecule has 0 aromatic rings. The molecular weight excluding hydrogens is 184 g/mol. The number of hydrogen-bond acceptors (Lipinski definition) is 2. The zero-order chi connectivity index (χ0) is 10.5. The van der Waals surface area contributed by atoms with Crippen LogP contribution >= 0.6 is 0 Å². The summed E-state index contributed by atoms with van der Waals surface area (Å²) in [6, 6.07) is 0.835. The predicted octanol–water partition coefficient (Wildman–Crippen LogP) is 2.25. The average molecular weight is 210 g/mol. The van der Waals surface area contributed by atoms with E-state index < -0.39 is 0 Å². The Morgan fingerprint density at radius 3 is 2.80 bits per heavy atom. The smallest absolute Gasteiger partial charge is 0.00669 e. The van der Waals surface area contributed by atoms with E-state index in [1.807, 2.05) is 0 Å². The average Bonchev–Trinajstić information content (AvgIpc) is 3.04. The number of likely N-dealkylation sites (tertiary alicyclic amines) is 1. The summed E-state index contributed by atoms with van der Waals surface area (Å²) in [5.41, 5.74) is 0. The topological polar surface area (TPSA) is 15.3 Å². The van der Waals surface area contributed by atoms with E-state index >= 15 is 0 Å². The molecule has 15 heavy (non-hydrogen) atoms. The molecule has 0 aromatic carbocycles. The monoisotopic (exact) mass is 210 g/mol. The first-order valence-corrected chi connectivity index (χ1v) is 6.81. The Hall–Kier alpha value is -0.0800. The fraction of sp³-hybridized carbons (Fsp3) is 1.00. The van der Waals surface area contributed by atoms with Crippen molar-refractivity contribution in [3.05, 3.63) is 0 Å². The molecule has 2 nitrogen and oxygen atoms in total. The van der Waals surface area contributed by atoms with Gasteiger partial charge in [-0.15, -0.1) is 0 Å². The summed E-state index contributed by atoms with van der Waals surface area (Å²) in [6.45, 7) is 7.52. The molecule has 2 fully saturated rings. The number of piperidine rings is 1. The summed E-state index contributed by atoms with van der Waals surface area (Å²) in [7, 11) is 0. The molecule has 1 aliphatic carbocycles. The third kappa shape index (κ3) is 4.12. The van der Waals surface area contributed by atoms with Gasteiger partial charge in [-0.05, 0) is 71.1 Å². The van der Waals surface area contributed by atoms with Crippen LogP contribution in [0.3, 0.4) is 0 Å². The van der Waals surface area contributed by atoms with Crippen molar-refractivity contribution in [3.63, 3.8) is 0 Å². The molecule has 1 heterocycles. The Morgan fingerprint density at radius 1 is 1.20 bits per heavy atom. The van der Waals surface area contributed by atoms with E-state index in [0.717, 1.165) is 12.0 Å². The van der Waals surface area contributed by atoms with E-state index in [4.69, 9.17) is 0 Å². The van der Waals surface area contributed by atoms with Crippen molar-refractivity contribution in [2.45, 2.75) is 51.5 Å². The molecule has 2 rings (SSSR count). The fourth-order valence-corrected chi connectivity index (χ4v) is 2.53. The summed E-state index contributed by atoms with van der Waals surface area (Å²) in [5.74, 6) is 1.03. The Morgan fingerprint density at radius 2 is 2.07 bits per heavy atom. The maximum atomic E-state index is 3.58. The summed E-state index contributed by atoms with van der Waals surface area (Å²) < 4.78 is 0. The molecule has 1 saturated carbocycles. The van der Waals surface area contributed by atoms with Crippen LogP contribution in [0, 0.1) is 5.92 Å². The molecule has 0 spiro atoms. The predicted molar refractivity (Wildman–Crippen MR) is 65.1 cm³/mol. The van der Waals surface area contributed by atoms with Crippen molar-refractivity contribution >= 4 is 0 Å². The molecule has 0 bridgehead atoms. The summed E-state index contributed by atoms with van der Waals surface area (Å²) in [4.78, 5) is 2.67. The van der Waals surface area contributed by atoms with Crippen LogP contribution in [0.15, 0.2) is 0 Å². The lowest BCUT2D eigenvalue weighted by Gasteiger charge is -2.33. The summed E-state index contributed by atoms with van der Waals surface area (Å²) in [6.07, 6.45) is 8.54. The van der Waals surface area contributed by atoms with Gasteiger partial charge >= 0.3 is 0 Å². The molecule has 88 valence electrons.